The monoisotopic (exact) mass is 550 g/mol. The van der Waals surface area contributed by atoms with Crippen molar-refractivity contribution >= 4 is 34.0 Å². The van der Waals surface area contributed by atoms with E-state index in [1.807, 2.05) is 25.1 Å². The zero-order valence-electron chi connectivity index (χ0n) is 19.9. The summed E-state index contributed by atoms with van der Waals surface area (Å²) in [7, 11) is 0. The van der Waals surface area contributed by atoms with Crippen LogP contribution in [0.1, 0.15) is 34.8 Å². The molecule has 1 amide bonds. The second-order valence-corrected chi connectivity index (χ2v) is 8.54. The molecule has 0 atom stereocenters. The van der Waals surface area contributed by atoms with E-state index in [9.17, 15) is 9.59 Å². The summed E-state index contributed by atoms with van der Waals surface area (Å²) in [5.41, 5.74) is 4.24. The van der Waals surface area contributed by atoms with Crippen LogP contribution < -0.4 is 19.6 Å². The van der Waals surface area contributed by atoms with E-state index in [4.69, 9.17) is 14.2 Å². The van der Waals surface area contributed by atoms with Crippen molar-refractivity contribution in [1.82, 2.24) is 5.43 Å². The molecule has 36 heavy (non-hydrogen) atoms. The average Bonchev–Trinajstić information content (AvgIpc) is 2.89. The van der Waals surface area contributed by atoms with E-state index in [1.165, 1.54) is 6.21 Å². The van der Waals surface area contributed by atoms with Gasteiger partial charge in [0, 0.05) is 10.0 Å². The topological polar surface area (TPSA) is 86.2 Å². The van der Waals surface area contributed by atoms with Crippen molar-refractivity contribution < 1.29 is 23.8 Å². The first-order chi connectivity index (χ1) is 17.5. The number of halogens is 1. The van der Waals surface area contributed by atoms with E-state index in [0.717, 1.165) is 16.5 Å². The summed E-state index contributed by atoms with van der Waals surface area (Å²) >= 11 is 3.40. The highest BCUT2D eigenvalue weighted by Crippen LogP contribution is 2.23. The molecule has 7 nitrogen and oxygen atoms in total. The molecule has 8 heteroatoms. The van der Waals surface area contributed by atoms with E-state index in [2.05, 4.69) is 33.0 Å². The molecule has 0 aliphatic rings. The molecule has 3 aromatic rings. The van der Waals surface area contributed by atoms with Crippen LogP contribution >= 0.6 is 15.9 Å². The number of allylic oxidation sites excluding steroid dienone is 1. The molecule has 0 radical (unpaired) electrons. The molecule has 3 rings (SSSR count). The molecule has 0 aliphatic heterocycles. The third-order valence-electron chi connectivity index (χ3n) is 4.83. The van der Waals surface area contributed by atoms with Gasteiger partial charge in [0.25, 0.3) is 5.91 Å². The minimum Gasteiger partial charge on any atom is -0.494 e. The fraction of sp³-hybridized carbons (Fsp3) is 0.179. The summed E-state index contributed by atoms with van der Waals surface area (Å²) in [6.07, 6.45) is 4.70. The summed E-state index contributed by atoms with van der Waals surface area (Å²) < 4.78 is 17.5. The zero-order chi connectivity index (χ0) is 25.8. The fourth-order valence-electron chi connectivity index (χ4n) is 3.10. The van der Waals surface area contributed by atoms with Crippen LogP contribution in [0.15, 0.2) is 89.0 Å². The number of hydrogen-bond donors (Lipinski definition) is 1. The molecule has 0 saturated carbocycles. The molecular weight excluding hydrogens is 524 g/mol. The lowest BCUT2D eigenvalue weighted by Gasteiger charge is -2.10. The minimum atomic E-state index is -0.523. The average molecular weight is 551 g/mol. The lowest BCUT2D eigenvalue weighted by atomic mass is 10.1. The predicted octanol–water partition coefficient (Wildman–Crippen LogP) is 5.71. The molecular formula is C28H27BrN2O5. The Morgan fingerprint density at radius 3 is 2.56 bits per heavy atom. The standard InChI is InChI=1S/C28H27BrN2O5/c1-3-7-20-8-5-6-9-25(20)35-19-27(32)31-30-18-22-17-23(29)12-15-26(22)36-28(33)21-10-13-24(14-11-21)34-16-4-2/h3,5-6,8-15,17-18H,1,4,7,16,19H2,2H3,(H,31,32)/b30-18-. The number of carbonyl (C=O) groups is 2. The van der Waals surface area contributed by atoms with Crippen molar-refractivity contribution in [1.29, 1.82) is 0 Å². The number of hydrogen-bond acceptors (Lipinski definition) is 6. The molecule has 0 saturated heterocycles. The number of para-hydroxylation sites is 1. The molecule has 0 heterocycles. The first kappa shape index (κ1) is 26.7. The predicted molar refractivity (Wildman–Crippen MR) is 143 cm³/mol. The number of hydrazone groups is 1. The first-order valence-corrected chi connectivity index (χ1v) is 12.2. The molecule has 0 aromatic heterocycles. The summed E-state index contributed by atoms with van der Waals surface area (Å²) in [4.78, 5) is 24.8. The van der Waals surface area contributed by atoms with Gasteiger partial charge in [-0.3, -0.25) is 4.79 Å². The molecule has 186 valence electrons. The number of nitrogens with zero attached hydrogens (tertiary/aromatic N) is 1. The highest BCUT2D eigenvalue weighted by Gasteiger charge is 2.12. The van der Waals surface area contributed by atoms with Crippen molar-refractivity contribution in [3.05, 3.63) is 101 Å². The van der Waals surface area contributed by atoms with Gasteiger partial charge >= 0.3 is 5.97 Å². The van der Waals surface area contributed by atoms with Crippen LogP contribution in [0, 0.1) is 0 Å². The Balaban J connectivity index is 1.60. The molecule has 3 aromatic carbocycles. The van der Waals surface area contributed by atoms with Crippen molar-refractivity contribution in [2.75, 3.05) is 13.2 Å². The third-order valence-corrected chi connectivity index (χ3v) is 5.32. The fourth-order valence-corrected chi connectivity index (χ4v) is 3.48. The number of rotatable bonds is 12. The quantitative estimate of drug-likeness (QED) is 0.102. The molecule has 0 spiro atoms. The van der Waals surface area contributed by atoms with E-state index < -0.39 is 11.9 Å². The number of ether oxygens (including phenoxy) is 3. The smallest absolute Gasteiger partial charge is 0.343 e. The van der Waals surface area contributed by atoms with Crippen LogP contribution in [0.25, 0.3) is 0 Å². The third kappa shape index (κ3) is 8.09. The van der Waals surface area contributed by atoms with E-state index >= 15 is 0 Å². The lowest BCUT2D eigenvalue weighted by Crippen LogP contribution is -2.24. The minimum absolute atomic E-state index is 0.205. The summed E-state index contributed by atoms with van der Waals surface area (Å²) in [5.74, 6) is 0.641. The van der Waals surface area contributed by atoms with Crippen LogP contribution in [0.2, 0.25) is 0 Å². The highest BCUT2D eigenvalue weighted by molar-refractivity contribution is 9.10. The summed E-state index contributed by atoms with van der Waals surface area (Å²) in [5, 5.41) is 3.99. The van der Waals surface area contributed by atoms with Crippen molar-refractivity contribution in [2.45, 2.75) is 19.8 Å². The van der Waals surface area contributed by atoms with Crippen molar-refractivity contribution in [2.24, 2.45) is 5.10 Å². The van der Waals surface area contributed by atoms with Crippen LogP contribution in [-0.2, 0) is 11.2 Å². The van der Waals surface area contributed by atoms with Crippen molar-refractivity contribution in [3.8, 4) is 17.2 Å². The molecule has 1 N–H and O–H groups in total. The number of amides is 1. The number of nitrogens with one attached hydrogen (secondary N) is 1. The van der Waals surface area contributed by atoms with Gasteiger partial charge in [0.15, 0.2) is 6.61 Å². The Labute approximate surface area is 218 Å². The SMILES string of the molecule is C=CCc1ccccc1OCC(=O)N/N=C\c1cc(Br)ccc1OC(=O)c1ccc(OCCC)cc1. The Bertz CT molecular complexity index is 1220. The number of benzene rings is 3. The molecule has 0 bridgehead atoms. The Morgan fingerprint density at radius 2 is 1.81 bits per heavy atom. The van der Waals surface area contributed by atoms with Gasteiger partial charge in [-0.15, -0.1) is 6.58 Å². The maximum atomic E-state index is 12.6. The van der Waals surface area contributed by atoms with Gasteiger partial charge in [0.05, 0.1) is 18.4 Å². The number of carbonyl (C=O) groups excluding carboxylic acids is 2. The van der Waals surface area contributed by atoms with Gasteiger partial charge in [-0.25, -0.2) is 10.2 Å². The summed E-state index contributed by atoms with van der Waals surface area (Å²) in [6, 6.07) is 19.3. The van der Waals surface area contributed by atoms with Crippen molar-refractivity contribution in [3.63, 3.8) is 0 Å². The van der Waals surface area contributed by atoms with Gasteiger partial charge in [-0.05, 0) is 66.9 Å². The largest absolute Gasteiger partial charge is 0.494 e. The Hall–Kier alpha value is -3.91. The molecule has 0 fully saturated rings. The maximum Gasteiger partial charge on any atom is 0.343 e. The van der Waals surface area contributed by atoms with Crippen LogP contribution in [-0.4, -0.2) is 31.3 Å². The van der Waals surface area contributed by atoms with E-state index in [1.54, 1.807) is 54.6 Å². The van der Waals surface area contributed by atoms with E-state index in [-0.39, 0.29) is 6.61 Å². The summed E-state index contributed by atoms with van der Waals surface area (Å²) in [6.45, 7) is 6.16. The van der Waals surface area contributed by atoms with Gasteiger partial charge in [-0.1, -0.05) is 47.1 Å². The van der Waals surface area contributed by atoms with Gasteiger partial charge in [0.2, 0.25) is 0 Å². The Kier molecular flexibility index (Phi) is 10.3. The van der Waals surface area contributed by atoms with Crippen LogP contribution in [0.4, 0.5) is 0 Å². The van der Waals surface area contributed by atoms with Crippen LogP contribution in [0.5, 0.6) is 17.2 Å². The normalized spacial score (nSPS) is 10.6. The maximum absolute atomic E-state index is 12.6. The number of esters is 1. The van der Waals surface area contributed by atoms with E-state index in [0.29, 0.717) is 41.4 Å². The van der Waals surface area contributed by atoms with Gasteiger partial charge < -0.3 is 14.2 Å². The second kappa shape index (κ2) is 13.8. The zero-order valence-corrected chi connectivity index (χ0v) is 21.5. The van der Waals surface area contributed by atoms with Gasteiger partial charge in [0.1, 0.15) is 17.2 Å². The highest BCUT2D eigenvalue weighted by atomic mass is 79.9. The lowest BCUT2D eigenvalue weighted by molar-refractivity contribution is -0.123. The molecule has 0 unspecified atom stereocenters. The molecule has 0 aliphatic carbocycles. The van der Waals surface area contributed by atoms with Gasteiger partial charge in [-0.2, -0.15) is 5.10 Å². The Morgan fingerprint density at radius 1 is 1.03 bits per heavy atom. The first-order valence-electron chi connectivity index (χ1n) is 11.4. The second-order valence-electron chi connectivity index (χ2n) is 7.63. The van der Waals surface area contributed by atoms with Crippen LogP contribution in [0.3, 0.4) is 0 Å².